The zero-order valence-electron chi connectivity index (χ0n) is 8.93. The molecule has 0 aliphatic rings. The van der Waals surface area contributed by atoms with Crippen LogP contribution in [0.1, 0.15) is 18.1 Å². The number of anilines is 1. The number of nitrogen functional groups attached to an aromatic ring is 1. The number of hydrogen-bond acceptors (Lipinski definition) is 4. The fourth-order valence-corrected chi connectivity index (χ4v) is 1.20. The third-order valence-corrected chi connectivity index (χ3v) is 1.93. The molecule has 0 aliphatic heterocycles. The van der Waals surface area contributed by atoms with Crippen LogP contribution in [0.4, 0.5) is 5.69 Å². The summed E-state index contributed by atoms with van der Waals surface area (Å²) in [4.78, 5) is 11.1. The summed E-state index contributed by atoms with van der Waals surface area (Å²) in [6.45, 7) is 2.05. The lowest BCUT2D eigenvalue weighted by Gasteiger charge is -2.01. The summed E-state index contributed by atoms with van der Waals surface area (Å²) in [7, 11) is 0. The van der Waals surface area contributed by atoms with E-state index in [1.165, 1.54) is 12.2 Å². The largest absolute Gasteiger partial charge is 0.463 e. The lowest BCUT2D eigenvalue weighted by molar-refractivity contribution is -0.137. The van der Waals surface area contributed by atoms with Gasteiger partial charge < -0.3 is 10.5 Å². The summed E-state index contributed by atoms with van der Waals surface area (Å²) >= 11 is 0. The quantitative estimate of drug-likeness (QED) is 0.474. The summed E-state index contributed by atoms with van der Waals surface area (Å²) in [5.41, 5.74) is 6.99. The normalized spacial score (nSPS) is 10.0. The third kappa shape index (κ3) is 2.85. The predicted molar refractivity (Wildman–Crippen MR) is 61.2 cm³/mol. The smallest absolute Gasteiger partial charge is 0.330 e. The first kappa shape index (κ1) is 11.8. The Morgan fingerprint density at radius 3 is 3.00 bits per heavy atom. The molecule has 0 aliphatic carbocycles. The summed E-state index contributed by atoms with van der Waals surface area (Å²) in [5, 5.41) is 8.89. The van der Waals surface area contributed by atoms with Gasteiger partial charge in [-0.2, -0.15) is 5.26 Å². The van der Waals surface area contributed by atoms with Crippen molar-refractivity contribution in [3.63, 3.8) is 0 Å². The third-order valence-electron chi connectivity index (χ3n) is 1.93. The molecule has 0 amide bonds. The molecule has 0 aromatic heterocycles. The van der Waals surface area contributed by atoms with Crippen molar-refractivity contribution in [1.82, 2.24) is 0 Å². The molecule has 0 spiro atoms. The zero-order valence-corrected chi connectivity index (χ0v) is 8.93. The lowest BCUT2D eigenvalue weighted by atomic mass is 10.1. The van der Waals surface area contributed by atoms with Gasteiger partial charge in [-0.25, -0.2) is 4.79 Å². The van der Waals surface area contributed by atoms with Crippen molar-refractivity contribution in [2.24, 2.45) is 0 Å². The molecule has 82 valence electrons. The zero-order chi connectivity index (χ0) is 12.0. The highest BCUT2D eigenvalue weighted by atomic mass is 16.5. The molecule has 2 N–H and O–H groups in total. The number of hydrogen-bond donors (Lipinski definition) is 1. The number of nitriles is 1. The van der Waals surface area contributed by atoms with Crippen LogP contribution in [0.3, 0.4) is 0 Å². The standard InChI is InChI=1S/C12H12N2O2/c1-2-16-12(15)7-6-9-4-3-5-11(14)10(9)8-13/h3-7H,2,14H2,1H3/b7-6-. The van der Waals surface area contributed by atoms with Gasteiger partial charge in [0.25, 0.3) is 0 Å². The van der Waals surface area contributed by atoms with Gasteiger partial charge in [-0.3, -0.25) is 0 Å². The average Bonchev–Trinajstić information content (AvgIpc) is 2.27. The highest BCUT2D eigenvalue weighted by Crippen LogP contribution is 2.16. The Kier molecular flexibility index (Phi) is 4.10. The molecule has 1 aromatic carbocycles. The first-order chi connectivity index (χ1) is 7.69. The van der Waals surface area contributed by atoms with Gasteiger partial charge in [-0.15, -0.1) is 0 Å². The van der Waals surface area contributed by atoms with Gasteiger partial charge >= 0.3 is 5.97 Å². The molecule has 0 heterocycles. The van der Waals surface area contributed by atoms with Gasteiger partial charge in [0.15, 0.2) is 0 Å². The maximum absolute atomic E-state index is 11.1. The van der Waals surface area contributed by atoms with E-state index >= 15 is 0 Å². The Morgan fingerprint density at radius 2 is 2.38 bits per heavy atom. The van der Waals surface area contributed by atoms with E-state index in [1.54, 1.807) is 25.1 Å². The summed E-state index contributed by atoms with van der Waals surface area (Å²) in [6.07, 6.45) is 2.80. The second kappa shape index (κ2) is 5.56. The molecule has 0 bridgehead atoms. The van der Waals surface area contributed by atoms with E-state index in [-0.39, 0.29) is 0 Å². The van der Waals surface area contributed by atoms with Crippen LogP contribution in [0.5, 0.6) is 0 Å². The second-order valence-electron chi connectivity index (χ2n) is 3.01. The van der Waals surface area contributed by atoms with Crippen LogP contribution in [0.2, 0.25) is 0 Å². The molecule has 4 nitrogen and oxygen atoms in total. The van der Waals surface area contributed by atoms with E-state index < -0.39 is 5.97 Å². The molecule has 4 heteroatoms. The fraction of sp³-hybridized carbons (Fsp3) is 0.167. The minimum absolute atomic E-state index is 0.325. The summed E-state index contributed by atoms with van der Waals surface area (Å²) in [5.74, 6) is -0.436. The maximum atomic E-state index is 11.1. The molecular weight excluding hydrogens is 204 g/mol. The number of rotatable bonds is 3. The Balaban J connectivity index is 2.94. The number of ether oxygens (including phenoxy) is 1. The van der Waals surface area contributed by atoms with E-state index in [4.69, 9.17) is 15.7 Å². The topological polar surface area (TPSA) is 76.1 Å². The van der Waals surface area contributed by atoms with Crippen molar-refractivity contribution < 1.29 is 9.53 Å². The molecule has 1 rings (SSSR count). The van der Waals surface area contributed by atoms with E-state index in [2.05, 4.69) is 0 Å². The number of nitrogens with zero attached hydrogens (tertiary/aromatic N) is 1. The van der Waals surface area contributed by atoms with Crippen LogP contribution >= 0.6 is 0 Å². The molecule has 0 unspecified atom stereocenters. The van der Waals surface area contributed by atoms with Crippen LogP contribution in [0, 0.1) is 11.3 Å². The van der Waals surface area contributed by atoms with Crippen LogP contribution < -0.4 is 5.73 Å². The molecule has 16 heavy (non-hydrogen) atoms. The molecule has 0 atom stereocenters. The highest BCUT2D eigenvalue weighted by molar-refractivity contribution is 5.88. The fourth-order valence-electron chi connectivity index (χ4n) is 1.20. The van der Waals surface area contributed by atoms with Crippen molar-refractivity contribution in [2.75, 3.05) is 12.3 Å². The minimum atomic E-state index is -0.436. The number of carbonyl (C=O) groups excluding carboxylic acids is 1. The molecule has 0 saturated heterocycles. The Hall–Kier alpha value is -2.28. The van der Waals surface area contributed by atoms with Crippen molar-refractivity contribution in [2.45, 2.75) is 6.92 Å². The van der Waals surface area contributed by atoms with Gasteiger partial charge in [0.2, 0.25) is 0 Å². The van der Waals surface area contributed by atoms with Gasteiger partial charge in [-0.1, -0.05) is 12.1 Å². The van der Waals surface area contributed by atoms with Gasteiger partial charge in [0.05, 0.1) is 17.9 Å². The predicted octanol–water partition coefficient (Wildman–Crippen LogP) is 1.72. The van der Waals surface area contributed by atoms with Crippen molar-refractivity contribution in [3.05, 3.63) is 35.4 Å². The van der Waals surface area contributed by atoms with E-state index in [0.717, 1.165) is 0 Å². The van der Waals surface area contributed by atoms with Gasteiger partial charge in [-0.05, 0) is 24.6 Å². The summed E-state index contributed by atoms with van der Waals surface area (Å²) in [6, 6.07) is 7.07. The van der Waals surface area contributed by atoms with Crippen molar-refractivity contribution in [3.8, 4) is 6.07 Å². The first-order valence-corrected chi connectivity index (χ1v) is 4.82. The number of benzene rings is 1. The van der Waals surface area contributed by atoms with Gasteiger partial charge in [0, 0.05) is 6.08 Å². The number of esters is 1. The average molecular weight is 216 g/mol. The van der Waals surface area contributed by atoms with E-state index in [0.29, 0.717) is 23.4 Å². The SMILES string of the molecule is CCOC(=O)/C=C\c1cccc(N)c1C#N. The summed E-state index contributed by atoms with van der Waals surface area (Å²) < 4.78 is 4.73. The lowest BCUT2D eigenvalue weighted by Crippen LogP contribution is -1.99. The van der Waals surface area contributed by atoms with Gasteiger partial charge in [0.1, 0.15) is 6.07 Å². The van der Waals surface area contributed by atoms with Crippen LogP contribution in [0.15, 0.2) is 24.3 Å². The molecule has 0 fully saturated rings. The van der Waals surface area contributed by atoms with Crippen molar-refractivity contribution in [1.29, 1.82) is 5.26 Å². The van der Waals surface area contributed by atoms with E-state index in [9.17, 15) is 4.79 Å². The molecule has 1 aromatic rings. The Morgan fingerprint density at radius 1 is 1.62 bits per heavy atom. The molecule has 0 radical (unpaired) electrons. The maximum Gasteiger partial charge on any atom is 0.330 e. The first-order valence-electron chi connectivity index (χ1n) is 4.82. The highest BCUT2D eigenvalue weighted by Gasteiger charge is 2.03. The van der Waals surface area contributed by atoms with E-state index in [1.807, 2.05) is 6.07 Å². The molecular formula is C12H12N2O2. The second-order valence-corrected chi connectivity index (χ2v) is 3.01. The van der Waals surface area contributed by atoms with Crippen LogP contribution in [-0.4, -0.2) is 12.6 Å². The number of nitrogens with two attached hydrogens (primary N) is 1. The monoisotopic (exact) mass is 216 g/mol. The van der Waals surface area contributed by atoms with Crippen molar-refractivity contribution >= 4 is 17.7 Å². The van der Waals surface area contributed by atoms with Crippen LogP contribution in [0.25, 0.3) is 6.08 Å². The Labute approximate surface area is 93.9 Å². The molecule has 0 saturated carbocycles. The minimum Gasteiger partial charge on any atom is -0.463 e. The Bertz CT molecular complexity index is 459. The van der Waals surface area contributed by atoms with Crippen LogP contribution in [-0.2, 0) is 9.53 Å². The number of carbonyl (C=O) groups is 1.